The number of ether oxygens (including phenoxy) is 2. The highest BCUT2D eigenvalue weighted by atomic mass is 127. The average molecular weight is 1010 g/mol. The highest BCUT2D eigenvalue weighted by Crippen LogP contribution is 2.49. The van der Waals surface area contributed by atoms with Crippen molar-refractivity contribution >= 4 is 68.2 Å². The Labute approximate surface area is 374 Å². The van der Waals surface area contributed by atoms with E-state index in [-0.39, 0.29) is 23.4 Å². The van der Waals surface area contributed by atoms with E-state index in [9.17, 15) is 4.79 Å². The molecule has 2 fully saturated rings. The van der Waals surface area contributed by atoms with E-state index in [0.29, 0.717) is 12.5 Å². The third kappa shape index (κ3) is 8.55. The van der Waals surface area contributed by atoms with E-state index in [1.165, 1.54) is 57.9 Å². The van der Waals surface area contributed by atoms with Crippen LogP contribution in [-0.2, 0) is 26.9 Å². The van der Waals surface area contributed by atoms with Crippen molar-refractivity contribution in [1.29, 1.82) is 0 Å². The van der Waals surface area contributed by atoms with Crippen molar-refractivity contribution in [2.45, 2.75) is 91.5 Å². The molecule has 7 nitrogen and oxygen atoms in total. The molecule has 0 amide bonds. The topological polar surface area (TPSA) is 48.3 Å². The monoisotopic (exact) mass is 1010 g/mol. The second-order valence-corrected chi connectivity index (χ2v) is 19.4. The molecule has 1 atom stereocenters. The number of rotatable bonds is 11. The van der Waals surface area contributed by atoms with Crippen LogP contribution in [0.2, 0.25) is 0 Å². The third-order valence-electron chi connectivity index (χ3n) is 12.8. The predicted molar refractivity (Wildman–Crippen MR) is 255 cm³/mol. The molecule has 9 heteroatoms. The molecule has 1 saturated heterocycles. The fourth-order valence-corrected chi connectivity index (χ4v) is 12.2. The van der Waals surface area contributed by atoms with Gasteiger partial charge in [0, 0.05) is 64.7 Å². The Hall–Kier alpha value is -3.16. The molecule has 3 aliphatic heterocycles. The normalized spacial score (nSPS) is 22.2. The van der Waals surface area contributed by atoms with Gasteiger partial charge in [0.2, 0.25) is 0 Å². The van der Waals surface area contributed by atoms with Crippen LogP contribution >= 0.6 is 45.2 Å². The van der Waals surface area contributed by atoms with E-state index in [4.69, 9.17) is 9.47 Å². The summed E-state index contributed by atoms with van der Waals surface area (Å²) in [6.45, 7) is 23.1. The van der Waals surface area contributed by atoms with Crippen LogP contribution in [0.5, 0.6) is 5.75 Å². The number of carbonyl (C=O) groups is 1. The number of anilines is 2. The molecule has 58 heavy (non-hydrogen) atoms. The molecule has 308 valence electrons. The van der Waals surface area contributed by atoms with Gasteiger partial charge in [-0.25, -0.2) is 9.37 Å². The molecular weight excluding hydrogens is 946 g/mol. The Bertz CT molecular complexity index is 2120. The standard InChI is InChI=1S/C49H61I2N4O3/c1-8-54-41-20-13-11-18-37(41)48(4,5)43(54)24-22-35-16-15-17-36(23-25-44-49(6,7)38-19-12-14-21-42(38)55(44)9-2)46(35)53-28-26-52(27-29-53)32-34-30-39(50)47(40(51)31-34)58-33-45(56)57-10-3/h11-14,18-22,24-25,30-31,36H,8-10,15-17,23,26-29,32-33H2,1-7H3/q+1/b44-25+. The van der Waals surface area contributed by atoms with Gasteiger partial charge in [-0.2, -0.15) is 0 Å². The summed E-state index contributed by atoms with van der Waals surface area (Å²) in [5, 5.41) is 0. The number of nitrogens with zero attached hydrogens (tertiary/aromatic N) is 4. The first kappa shape index (κ1) is 42.9. The lowest BCUT2D eigenvalue weighted by atomic mass is 9.78. The van der Waals surface area contributed by atoms with Crippen molar-refractivity contribution < 1.29 is 18.8 Å². The maximum Gasteiger partial charge on any atom is 0.344 e. The molecule has 1 saturated carbocycles. The van der Waals surface area contributed by atoms with Crippen LogP contribution in [0.3, 0.4) is 0 Å². The van der Waals surface area contributed by atoms with E-state index < -0.39 is 0 Å². The molecule has 0 spiro atoms. The van der Waals surface area contributed by atoms with Gasteiger partial charge in [-0.3, -0.25) is 4.90 Å². The number of likely N-dealkylation sites (N-methyl/N-ethyl adjacent to an activating group) is 2. The Balaban J connectivity index is 1.17. The van der Waals surface area contributed by atoms with E-state index in [0.717, 1.165) is 71.5 Å². The fraction of sp³-hybridized carbons (Fsp3) is 0.469. The molecule has 1 aliphatic carbocycles. The molecule has 3 heterocycles. The summed E-state index contributed by atoms with van der Waals surface area (Å²) in [5.41, 5.74) is 12.7. The van der Waals surface area contributed by atoms with Crippen molar-refractivity contribution in [2.75, 3.05) is 62.3 Å². The van der Waals surface area contributed by atoms with Gasteiger partial charge in [-0.1, -0.05) is 76.2 Å². The van der Waals surface area contributed by atoms with Gasteiger partial charge in [0.1, 0.15) is 5.75 Å². The zero-order valence-corrected chi connectivity index (χ0v) is 39.9. The smallest absolute Gasteiger partial charge is 0.344 e. The molecule has 0 aromatic heterocycles. The highest BCUT2D eigenvalue weighted by molar-refractivity contribution is 14.1. The second kappa shape index (κ2) is 18.2. The van der Waals surface area contributed by atoms with Gasteiger partial charge in [0.25, 0.3) is 0 Å². The molecule has 0 radical (unpaired) electrons. The van der Waals surface area contributed by atoms with Crippen LogP contribution < -0.4 is 14.5 Å². The van der Waals surface area contributed by atoms with Crippen LogP contribution in [0.15, 0.2) is 95.9 Å². The SMILES string of the molecule is CCOC(=O)COc1c(I)cc(CN2CC[N+](=C3C(=CC=C4N(CC)c5ccccc5C4(C)C)CCCC3C/C=C3/N(CC)c4ccccc4C3(C)C)CC2)cc1I. The number of benzene rings is 3. The lowest BCUT2D eigenvalue weighted by Crippen LogP contribution is -2.45. The lowest BCUT2D eigenvalue weighted by Gasteiger charge is -2.31. The maximum absolute atomic E-state index is 12.0. The minimum Gasteiger partial charge on any atom is -0.480 e. The van der Waals surface area contributed by atoms with E-state index >= 15 is 0 Å². The number of hydrogen-bond acceptors (Lipinski definition) is 6. The van der Waals surface area contributed by atoms with E-state index in [2.05, 4.69) is 185 Å². The maximum atomic E-state index is 12.0. The molecular formula is C49H61I2N4O3+. The first-order chi connectivity index (χ1) is 27.9. The fourth-order valence-electron chi connectivity index (χ4n) is 9.97. The third-order valence-corrected chi connectivity index (χ3v) is 14.4. The largest absolute Gasteiger partial charge is 0.480 e. The van der Waals surface area contributed by atoms with Gasteiger partial charge >= 0.3 is 5.97 Å². The van der Waals surface area contributed by atoms with Gasteiger partial charge < -0.3 is 19.3 Å². The number of carbonyl (C=O) groups excluding carboxylic acids is 1. The van der Waals surface area contributed by atoms with Crippen molar-refractivity contribution in [3.8, 4) is 5.75 Å². The summed E-state index contributed by atoms with van der Waals surface area (Å²) in [4.78, 5) is 19.6. The summed E-state index contributed by atoms with van der Waals surface area (Å²) in [7, 11) is 0. The van der Waals surface area contributed by atoms with Crippen LogP contribution in [0, 0.1) is 13.1 Å². The van der Waals surface area contributed by atoms with Crippen molar-refractivity contribution in [3.05, 3.63) is 120 Å². The van der Waals surface area contributed by atoms with Gasteiger partial charge in [-0.05, 0) is 139 Å². The number of para-hydroxylation sites is 2. The molecule has 0 bridgehead atoms. The first-order valence-electron chi connectivity index (χ1n) is 21.4. The number of esters is 1. The summed E-state index contributed by atoms with van der Waals surface area (Å²) in [5.74, 6) is 0.884. The van der Waals surface area contributed by atoms with Crippen molar-refractivity contribution in [1.82, 2.24) is 4.90 Å². The lowest BCUT2D eigenvalue weighted by molar-refractivity contribution is -0.542. The number of halogens is 2. The number of piperazine rings is 1. The summed E-state index contributed by atoms with van der Waals surface area (Å²) in [6.07, 6.45) is 12.2. The van der Waals surface area contributed by atoms with Gasteiger partial charge in [0.05, 0.1) is 26.8 Å². The van der Waals surface area contributed by atoms with Crippen LogP contribution in [-0.4, -0.2) is 73.6 Å². The zero-order chi connectivity index (χ0) is 41.2. The van der Waals surface area contributed by atoms with E-state index in [1.807, 2.05) is 6.92 Å². The van der Waals surface area contributed by atoms with Crippen LogP contribution in [0.4, 0.5) is 11.4 Å². The van der Waals surface area contributed by atoms with Crippen LogP contribution in [0.25, 0.3) is 0 Å². The van der Waals surface area contributed by atoms with Crippen molar-refractivity contribution in [2.24, 2.45) is 5.92 Å². The molecule has 1 unspecified atom stereocenters. The number of fused-ring (bicyclic) bond motifs is 2. The number of allylic oxidation sites excluding steroid dienone is 6. The van der Waals surface area contributed by atoms with Gasteiger partial charge in [0.15, 0.2) is 25.4 Å². The summed E-state index contributed by atoms with van der Waals surface area (Å²) < 4.78 is 15.7. The Kier molecular flexibility index (Phi) is 13.5. The highest BCUT2D eigenvalue weighted by Gasteiger charge is 2.41. The molecule has 0 N–H and O–H groups in total. The summed E-state index contributed by atoms with van der Waals surface area (Å²) >= 11 is 4.66. The average Bonchev–Trinajstić information content (AvgIpc) is 3.57. The number of hydrogen-bond donors (Lipinski definition) is 0. The zero-order valence-electron chi connectivity index (χ0n) is 35.5. The first-order valence-corrected chi connectivity index (χ1v) is 23.5. The molecule has 3 aromatic carbocycles. The summed E-state index contributed by atoms with van der Waals surface area (Å²) in [6, 6.07) is 22.4. The quantitative estimate of drug-likeness (QED) is 0.108. The Morgan fingerprint density at radius 3 is 2.03 bits per heavy atom. The Morgan fingerprint density at radius 1 is 0.845 bits per heavy atom. The molecule has 7 rings (SSSR count). The minimum absolute atomic E-state index is 0.0241. The molecule has 3 aromatic rings. The van der Waals surface area contributed by atoms with Crippen molar-refractivity contribution in [3.63, 3.8) is 0 Å². The minimum atomic E-state index is -0.341. The second-order valence-electron chi connectivity index (χ2n) is 17.1. The van der Waals surface area contributed by atoms with Crippen LogP contribution in [0.1, 0.15) is 90.8 Å². The van der Waals surface area contributed by atoms with E-state index in [1.54, 1.807) is 5.71 Å². The predicted octanol–water partition coefficient (Wildman–Crippen LogP) is 10.6. The molecule has 4 aliphatic rings. The Morgan fingerprint density at radius 2 is 1.43 bits per heavy atom. The van der Waals surface area contributed by atoms with Gasteiger partial charge in [-0.15, -0.1) is 0 Å².